The summed E-state index contributed by atoms with van der Waals surface area (Å²) in [4.78, 5) is 35.8. The van der Waals surface area contributed by atoms with Gasteiger partial charge in [0, 0.05) is 24.5 Å². The summed E-state index contributed by atoms with van der Waals surface area (Å²) < 4.78 is 11.8. The molecule has 1 heterocycles. The van der Waals surface area contributed by atoms with Crippen molar-refractivity contribution in [1.29, 1.82) is 5.26 Å². The molecule has 0 radical (unpaired) electrons. The van der Waals surface area contributed by atoms with E-state index in [-0.39, 0.29) is 28.8 Å². The summed E-state index contributed by atoms with van der Waals surface area (Å²) in [5, 5.41) is 14.6. The van der Waals surface area contributed by atoms with E-state index in [1.54, 1.807) is 37.3 Å². The van der Waals surface area contributed by atoms with Gasteiger partial charge in [0.2, 0.25) is 0 Å². The number of nitriles is 1. The molecular formula is C23H20N4O5S. The van der Waals surface area contributed by atoms with E-state index in [0.29, 0.717) is 22.6 Å². The lowest BCUT2D eigenvalue weighted by molar-refractivity contribution is -0.142. The summed E-state index contributed by atoms with van der Waals surface area (Å²) in [5.74, 6) is 1.53. The number of ether oxygens (including phenoxy) is 2. The van der Waals surface area contributed by atoms with Gasteiger partial charge in [0.15, 0.2) is 12.2 Å². The molecule has 0 atom stereocenters. The number of rotatable bonds is 8. The molecule has 33 heavy (non-hydrogen) atoms. The molecule has 0 aliphatic rings. The number of terminal acetylenes is 1. The number of hydrogen-bond acceptors (Lipinski definition) is 8. The SMILES string of the molecule is C#CCNC(=O)C(=C=c1sc(=C=CNc2cccc(OCC(=O)OC)c2)c(=O)n1CC)C#N. The highest BCUT2D eigenvalue weighted by Crippen LogP contribution is 2.17. The zero-order valence-electron chi connectivity index (χ0n) is 17.9. The Morgan fingerprint density at radius 3 is 2.82 bits per heavy atom. The number of amides is 1. The van der Waals surface area contributed by atoms with Crippen molar-refractivity contribution in [2.45, 2.75) is 13.5 Å². The minimum atomic E-state index is -0.670. The summed E-state index contributed by atoms with van der Waals surface area (Å²) in [6.45, 7) is 1.83. The first-order chi connectivity index (χ1) is 15.9. The maximum absolute atomic E-state index is 12.6. The van der Waals surface area contributed by atoms with Crippen LogP contribution in [0.4, 0.5) is 5.69 Å². The third-order valence-electron chi connectivity index (χ3n) is 3.98. The molecule has 0 spiro atoms. The van der Waals surface area contributed by atoms with E-state index in [0.717, 1.165) is 11.3 Å². The largest absolute Gasteiger partial charge is 0.482 e. The van der Waals surface area contributed by atoms with Gasteiger partial charge < -0.3 is 20.1 Å². The number of methoxy groups -OCH3 is 1. The molecule has 0 saturated carbocycles. The van der Waals surface area contributed by atoms with E-state index in [4.69, 9.17) is 11.2 Å². The van der Waals surface area contributed by atoms with E-state index >= 15 is 0 Å². The Balaban J connectivity index is 2.39. The molecule has 0 saturated heterocycles. The fraction of sp³-hybridized carbons (Fsp3) is 0.217. The van der Waals surface area contributed by atoms with Crippen LogP contribution in [0.3, 0.4) is 0 Å². The van der Waals surface area contributed by atoms with Gasteiger partial charge in [0.25, 0.3) is 11.5 Å². The van der Waals surface area contributed by atoms with Crippen LogP contribution < -0.4 is 30.1 Å². The number of anilines is 1. The zero-order valence-corrected chi connectivity index (χ0v) is 18.7. The van der Waals surface area contributed by atoms with Gasteiger partial charge in [-0.1, -0.05) is 34.8 Å². The topological polar surface area (TPSA) is 122 Å². The third kappa shape index (κ3) is 7.03. The predicted octanol–water partition coefficient (Wildman–Crippen LogP) is 0.0655. The number of thiazole rings is 1. The maximum atomic E-state index is 12.6. The molecule has 0 aliphatic heterocycles. The lowest BCUT2D eigenvalue weighted by atomic mass is 10.3. The number of carbonyl (C=O) groups excluding carboxylic acids is 2. The number of nitrogens with one attached hydrogen (secondary N) is 2. The number of esters is 1. The van der Waals surface area contributed by atoms with Crippen LogP contribution in [-0.4, -0.2) is 36.7 Å². The summed E-state index contributed by atoms with van der Waals surface area (Å²) in [6, 6.07) is 8.60. The molecule has 168 valence electrons. The van der Waals surface area contributed by atoms with Gasteiger partial charge in [0.05, 0.1) is 13.7 Å². The van der Waals surface area contributed by atoms with Crippen molar-refractivity contribution in [3.8, 4) is 24.2 Å². The van der Waals surface area contributed by atoms with Crippen molar-refractivity contribution in [2.75, 3.05) is 25.6 Å². The predicted molar refractivity (Wildman–Crippen MR) is 123 cm³/mol. The van der Waals surface area contributed by atoms with Gasteiger partial charge in [-0.15, -0.1) is 6.42 Å². The monoisotopic (exact) mass is 464 g/mol. The molecule has 1 aromatic carbocycles. The van der Waals surface area contributed by atoms with Crippen molar-refractivity contribution < 1.29 is 19.1 Å². The van der Waals surface area contributed by atoms with Gasteiger partial charge in [-0.2, -0.15) is 5.26 Å². The van der Waals surface area contributed by atoms with Gasteiger partial charge in [-0.3, -0.25) is 14.2 Å². The van der Waals surface area contributed by atoms with E-state index in [1.165, 1.54) is 17.9 Å². The number of benzene rings is 1. The summed E-state index contributed by atoms with van der Waals surface area (Å²) in [5.41, 5.74) is 5.57. The Morgan fingerprint density at radius 1 is 1.36 bits per heavy atom. The molecule has 2 aromatic rings. The van der Waals surface area contributed by atoms with E-state index in [2.05, 4.69) is 32.8 Å². The van der Waals surface area contributed by atoms with Crippen molar-refractivity contribution in [1.82, 2.24) is 9.88 Å². The zero-order chi connectivity index (χ0) is 24.2. The van der Waals surface area contributed by atoms with Gasteiger partial charge in [-0.05, 0) is 19.1 Å². The van der Waals surface area contributed by atoms with E-state index in [9.17, 15) is 19.6 Å². The second kappa shape index (κ2) is 12.4. The summed E-state index contributed by atoms with van der Waals surface area (Å²) in [6.07, 6.45) is 6.55. The molecule has 1 amide bonds. The van der Waals surface area contributed by atoms with Crippen molar-refractivity contribution >= 4 is 40.4 Å². The van der Waals surface area contributed by atoms with Gasteiger partial charge >= 0.3 is 5.97 Å². The lowest BCUT2D eigenvalue weighted by Gasteiger charge is -2.06. The van der Waals surface area contributed by atoms with Gasteiger partial charge in [0.1, 0.15) is 21.0 Å². The minimum Gasteiger partial charge on any atom is -0.482 e. The average molecular weight is 465 g/mol. The molecule has 9 nitrogen and oxygen atoms in total. The molecule has 2 N–H and O–H groups in total. The highest BCUT2D eigenvalue weighted by Gasteiger charge is 2.08. The Hall–Kier alpha value is -4.46. The molecule has 0 unspecified atom stereocenters. The Labute approximate surface area is 193 Å². The number of carbonyl (C=O) groups is 2. The molecule has 0 fully saturated rings. The van der Waals surface area contributed by atoms with Crippen LogP contribution >= 0.6 is 11.3 Å². The maximum Gasteiger partial charge on any atom is 0.343 e. The molecule has 2 rings (SSSR count). The van der Waals surface area contributed by atoms with E-state index < -0.39 is 11.9 Å². The molecule has 10 heteroatoms. The average Bonchev–Trinajstić information content (AvgIpc) is 3.13. The molecule has 0 aliphatic carbocycles. The van der Waals surface area contributed by atoms with E-state index in [1.807, 2.05) is 0 Å². The normalized spacial score (nSPS) is 9.33. The summed E-state index contributed by atoms with van der Waals surface area (Å²) in [7, 11) is 1.27. The standard InChI is InChI=1S/C23H20N4O5S/c1-4-10-26-22(29)16(14-24)12-20-27(5-2)23(30)19(33-20)9-11-25-17-7-6-8-18(13-17)32-15-21(28)31-3/h1,6-8,11,13,25H,5,10,15H2,2-3H3,(H,26,29). The van der Waals surface area contributed by atoms with Crippen LogP contribution in [0.15, 0.2) is 40.8 Å². The molecule has 0 bridgehead atoms. The molecular weight excluding hydrogens is 444 g/mol. The third-order valence-corrected chi connectivity index (χ3v) is 4.99. The fourth-order valence-electron chi connectivity index (χ4n) is 2.41. The number of aromatic nitrogens is 1. The van der Waals surface area contributed by atoms with Crippen LogP contribution in [0.2, 0.25) is 0 Å². The smallest absolute Gasteiger partial charge is 0.343 e. The molecule has 1 aromatic heterocycles. The fourth-order valence-corrected chi connectivity index (χ4v) is 3.39. The Morgan fingerprint density at radius 2 is 2.15 bits per heavy atom. The minimum absolute atomic E-state index is 0.0287. The first-order valence-electron chi connectivity index (χ1n) is 9.57. The van der Waals surface area contributed by atoms with Crippen LogP contribution in [0.1, 0.15) is 6.92 Å². The number of hydrogen-bond donors (Lipinski definition) is 2. The second-order valence-electron chi connectivity index (χ2n) is 6.11. The van der Waals surface area contributed by atoms with Crippen LogP contribution in [-0.2, 0) is 20.9 Å². The quantitative estimate of drug-likeness (QED) is 0.245. The highest BCUT2D eigenvalue weighted by molar-refractivity contribution is 7.07. The Bertz CT molecular complexity index is 1380. The van der Waals surface area contributed by atoms with Crippen LogP contribution in [0.25, 0.3) is 11.5 Å². The van der Waals surface area contributed by atoms with Crippen LogP contribution in [0.5, 0.6) is 5.75 Å². The lowest BCUT2D eigenvalue weighted by Crippen LogP contribution is -2.30. The van der Waals surface area contributed by atoms with Crippen molar-refractivity contribution in [2.24, 2.45) is 0 Å². The highest BCUT2D eigenvalue weighted by atomic mass is 32.1. The Kier molecular flexibility index (Phi) is 9.33. The first-order valence-corrected chi connectivity index (χ1v) is 10.4. The van der Waals surface area contributed by atoms with Crippen LogP contribution in [0, 0.1) is 23.7 Å². The van der Waals surface area contributed by atoms with Crippen molar-refractivity contribution in [3.63, 3.8) is 0 Å². The first kappa shape index (κ1) is 24.8. The number of nitrogens with zero attached hydrogens (tertiary/aromatic N) is 2. The van der Waals surface area contributed by atoms with Gasteiger partial charge in [-0.25, -0.2) is 4.79 Å². The second-order valence-corrected chi connectivity index (χ2v) is 7.11. The summed E-state index contributed by atoms with van der Waals surface area (Å²) >= 11 is 1.04. The van der Waals surface area contributed by atoms with Crippen molar-refractivity contribution in [3.05, 3.63) is 55.6 Å².